The maximum atomic E-state index is 13.9. The van der Waals surface area contributed by atoms with E-state index in [0.29, 0.717) is 44.5 Å². The third-order valence-corrected chi connectivity index (χ3v) is 6.34. The Labute approximate surface area is 208 Å². The molecule has 0 aliphatic carbocycles. The number of hydrogen-bond donors (Lipinski definition) is 1. The molecule has 3 amide bonds. The molecule has 7 nitrogen and oxygen atoms in total. The van der Waals surface area contributed by atoms with Gasteiger partial charge < -0.3 is 25.2 Å². The van der Waals surface area contributed by atoms with Gasteiger partial charge in [0.05, 0.1) is 19.7 Å². The van der Waals surface area contributed by atoms with E-state index in [0.717, 1.165) is 11.6 Å². The highest BCUT2D eigenvalue weighted by Crippen LogP contribution is 2.26. The van der Waals surface area contributed by atoms with Gasteiger partial charge in [-0.3, -0.25) is 4.79 Å². The van der Waals surface area contributed by atoms with E-state index in [1.54, 1.807) is 21.8 Å². The highest BCUT2D eigenvalue weighted by atomic mass is 35.5. The summed E-state index contributed by atoms with van der Waals surface area (Å²) in [5.74, 6) is -2.83. The average Bonchev–Trinajstić information content (AvgIpc) is 3.12. The fourth-order valence-corrected chi connectivity index (χ4v) is 4.60. The molecule has 2 fully saturated rings. The highest BCUT2D eigenvalue weighted by Gasteiger charge is 2.41. The second-order valence-corrected chi connectivity index (χ2v) is 8.69. The van der Waals surface area contributed by atoms with Crippen molar-refractivity contribution in [1.82, 2.24) is 14.7 Å². The van der Waals surface area contributed by atoms with Crippen LogP contribution in [0.3, 0.4) is 0 Å². The van der Waals surface area contributed by atoms with Gasteiger partial charge in [0.25, 0.3) is 0 Å². The minimum absolute atomic E-state index is 0. The molecule has 1 unspecified atom stereocenters. The van der Waals surface area contributed by atoms with E-state index in [4.69, 9.17) is 10.5 Å². The molecular formula is C24H28ClF3N4O3. The lowest BCUT2D eigenvalue weighted by atomic mass is 10.0. The summed E-state index contributed by atoms with van der Waals surface area (Å²) in [6.45, 7) is 2.04. The topological polar surface area (TPSA) is 79.1 Å². The summed E-state index contributed by atoms with van der Waals surface area (Å²) < 4.78 is 45.8. The van der Waals surface area contributed by atoms with Crippen LogP contribution in [0.5, 0.6) is 5.75 Å². The van der Waals surface area contributed by atoms with E-state index >= 15 is 0 Å². The quantitative estimate of drug-likeness (QED) is 0.579. The van der Waals surface area contributed by atoms with Crippen molar-refractivity contribution in [1.29, 1.82) is 0 Å². The van der Waals surface area contributed by atoms with Crippen LogP contribution in [-0.2, 0) is 17.8 Å². The number of methoxy groups -OCH3 is 1. The molecule has 2 saturated heterocycles. The Bertz CT molecular complexity index is 1090. The second kappa shape index (κ2) is 11.2. The number of piperazine rings is 1. The monoisotopic (exact) mass is 512 g/mol. The molecular weight excluding hydrogens is 485 g/mol. The van der Waals surface area contributed by atoms with Gasteiger partial charge in [0.15, 0.2) is 11.6 Å². The van der Waals surface area contributed by atoms with E-state index in [1.807, 2.05) is 24.3 Å². The molecule has 0 saturated carbocycles. The van der Waals surface area contributed by atoms with Gasteiger partial charge in [-0.15, -0.1) is 12.4 Å². The van der Waals surface area contributed by atoms with E-state index < -0.39 is 23.5 Å². The summed E-state index contributed by atoms with van der Waals surface area (Å²) >= 11 is 0. The minimum atomic E-state index is -1.27. The van der Waals surface area contributed by atoms with E-state index in [2.05, 4.69) is 0 Å². The molecule has 35 heavy (non-hydrogen) atoms. The minimum Gasteiger partial charge on any atom is -0.496 e. The zero-order chi connectivity index (χ0) is 24.4. The molecule has 2 aliphatic rings. The van der Waals surface area contributed by atoms with Crippen LogP contribution in [-0.4, -0.2) is 72.0 Å². The van der Waals surface area contributed by atoms with E-state index in [9.17, 15) is 22.8 Å². The Morgan fingerprint density at radius 1 is 1.09 bits per heavy atom. The second-order valence-electron chi connectivity index (χ2n) is 8.69. The van der Waals surface area contributed by atoms with Crippen molar-refractivity contribution >= 4 is 24.3 Å². The van der Waals surface area contributed by atoms with Crippen LogP contribution >= 0.6 is 12.4 Å². The predicted molar refractivity (Wildman–Crippen MR) is 126 cm³/mol. The molecule has 0 aromatic heterocycles. The average molecular weight is 513 g/mol. The lowest BCUT2D eigenvalue weighted by Gasteiger charge is -2.36. The van der Waals surface area contributed by atoms with Crippen LogP contribution in [0.1, 0.15) is 17.5 Å². The smallest absolute Gasteiger partial charge is 0.320 e. The predicted octanol–water partition coefficient (Wildman–Crippen LogP) is 2.94. The lowest BCUT2D eigenvalue weighted by molar-refractivity contribution is -0.133. The summed E-state index contributed by atoms with van der Waals surface area (Å²) in [6, 6.07) is 7.80. The normalized spacial score (nSPS) is 18.3. The van der Waals surface area contributed by atoms with Crippen LogP contribution < -0.4 is 10.5 Å². The summed E-state index contributed by atoms with van der Waals surface area (Å²) in [6.07, 6.45) is -0.159. The molecule has 2 aliphatic heterocycles. The number of hydrogen-bond acceptors (Lipinski definition) is 4. The van der Waals surface area contributed by atoms with Gasteiger partial charge in [-0.25, -0.2) is 18.0 Å². The first-order valence-corrected chi connectivity index (χ1v) is 11.1. The van der Waals surface area contributed by atoms with Crippen molar-refractivity contribution in [3.05, 3.63) is 65.0 Å². The maximum absolute atomic E-state index is 13.9. The van der Waals surface area contributed by atoms with Crippen LogP contribution in [0.2, 0.25) is 0 Å². The lowest BCUT2D eigenvalue weighted by Crippen LogP contribution is -2.54. The number of rotatable bonds is 7. The zero-order valence-electron chi connectivity index (χ0n) is 19.3. The fraction of sp³-hybridized carbons (Fsp3) is 0.417. The molecule has 2 N–H and O–H groups in total. The Hall–Kier alpha value is -2.98. The van der Waals surface area contributed by atoms with Crippen LogP contribution in [0, 0.1) is 17.5 Å². The molecule has 2 heterocycles. The SMILES string of the molecule is COc1ccccc1CN1CC2CN(C(=O)C[C@H](N)Cc3cc(F)c(F)cc3F)CCN2C1=O.Cl. The number of fused-ring (bicyclic) bond motifs is 1. The van der Waals surface area contributed by atoms with Gasteiger partial charge in [-0.2, -0.15) is 0 Å². The number of nitrogens with two attached hydrogens (primary N) is 1. The zero-order valence-corrected chi connectivity index (χ0v) is 20.1. The molecule has 0 bridgehead atoms. The first-order valence-electron chi connectivity index (χ1n) is 11.1. The molecule has 2 aromatic carbocycles. The third kappa shape index (κ3) is 5.82. The Kier molecular flexibility index (Phi) is 8.50. The van der Waals surface area contributed by atoms with Gasteiger partial charge in [-0.05, 0) is 24.1 Å². The number of carbonyl (C=O) groups excluding carboxylic acids is 2. The number of ether oxygens (including phenoxy) is 1. The summed E-state index contributed by atoms with van der Waals surface area (Å²) in [7, 11) is 1.59. The molecule has 11 heteroatoms. The molecule has 0 radical (unpaired) electrons. The largest absolute Gasteiger partial charge is 0.496 e. The van der Waals surface area contributed by atoms with Gasteiger partial charge in [0.2, 0.25) is 5.91 Å². The van der Waals surface area contributed by atoms with E-state index in [-0.39, 0.29) is 48.8 Å². The van der Waals surface area contributed by atoms with Crippen molar-refractivity contribution in [3.63, 3.8) is 0 Å². The number of nitrogens with zero attached hydrogens (tertiary/aromatic N) is 3. The van der Waals surface area contributed by atoms with Crippen LogP contribution in [0.25, 0.3) is 0 Å². The number of amides is 3. The number of benzene rings is 2. The summed E-state index contributed by atoms with van der Waals surface area (Å²) in [5, 5.41) is 0. The molecule has 2 atom stereocenters. The van der Waals surface area contributed by atoms with E-state index in [1.165, 1.54) is 0 Å². The number of urea groups is 1. The van der Waals surface area contributed by atoms with Gasteiger partial charge in [-0.1, -0.05) is 18.2 Å². The first-order chi connectivity index (χ1) is 16.3. The molecule has 0 spiro atoms. The van der Waals surface area contributed by atoms with Crippen molar-refractivity contribution < 1.29 is 27.5 Å². The Balaban J connectivity index is 0.00000342. The fourth-order valence-electron chi connectivity index (χ4n) is 4.60. The van der Waals surface area contributed by atoms with Gasteiger partial charge in [0.1, 0.15) is 11.6 Å². The van der Waals surface area contributed by atoms with Crippen LogP contribution in [0.4, 0.5) is 18.0 Å². The summed E-state index contributed by atoms with van der Waals surface area (Å²) in [4.78, 5) is 30.9. The number of carbonyl (C=O) groups is 2. The maximum Gasteiger partial charge on any atom is 0.320 e. The third-order valence-electron chi connectivity index (χ3n) is 6.34. The van der Waals surface area contributed by atoms with Crippen molar-refractivity contribution in [2.45, 2.75) is 31.5 Å². The van der Waals surface area contributed by atoms with Crippen LogP contribution in [0.15, 0.2) is 36.4 Å². The first kappa shape index (κ1) is 26.6. The number of halogens is 4. The summed E-state index contributed by atoms with van der Waals surface area (Å²) in [5.41, 5.74) is 6.85. The highest BCUT2D eigenvalue weighted by molar-refractivity contribution is 5.85. The number of para-hydroxylation sites is 1. The van der Waals surface area contributed by atoms with Crippen molar-refractivity contribution in [2.24, 2.45) is 5.73 Å². The molecule has 190 valence electrons. The Morgan fingerprint density at radius 2 is 1.80 bits per heavy atom. The molecule has 4 rings (SSSR count). The van der Waals surface area contributed by atoms with Gasteiger partial charge >= 0.3 is 6.03 Å². The van der Waals surface area contributed by atoms with Gasteiger partial charge in [0, 0.05) is 50.3 Å². The Morgan fingerprint density at radius 3 is 2.54 bits per heavy atom. The van der Waals surface area contributed by atoms with Crippen molar-refractivity contribution in [2.75, 3.05) is 33.3 Å². The van der Waals surface area contributed by atoms with Crippen molar-refractivity contribution in [3.8, 4) is 5.75 Å². The molecule has 2 aromatic rings. The standard InChI is InChI=1S/C24H27F3N4O3.ClH/c1-34-22-5-3-2-4-15(22)12-30-14-18-13-29(6-7-31(18)24(30)33)23(32)10-17(28)8-16-9-20(26)21(27)11-19(16)25;/h2-5,9,11,17-18H,6-8,10,12-14,28H2,1H3;1H/t17-,18?;/m1./s1.